The highest BCUT2D eigenvalue weighted by Crippen LogP contribution is 2.29. The van der Waals surface area contributed by atoms with Crippen LogP contribution >= 0.6 is 0 Å². The molecule has 20 heavy (non-hydrogen) atoms. The van der Waals surface area contributed by atoms with Crippen molar-refractivity contribution in [3.8, 4) is 5.75 Å². The van der Waals surface area contributed by atoms with E-state index in [0.717, 1.165) is 38.8 Å². The molecule has 4 heteroatoms. The average Bonchev–Trinajstić information content (AvgIpc) is 2.40. The molecule has 1 amide bonds. The summed E-state index contributed by atoms with van der Waals surface area (Å²) >= 11 is 0. The molecule has 0 bridgehead atoms. The minimum absolute atomic E-state index is 0.130. The summed E-state index contributed by atoms with van der Waals surface area (Å²) < 4.78 is 18.7. The number of hydrogen-bond acceptors (Lipinski definition) is 2. The van der Waals surface area contributed by atoms with Crippen molar-refractivity contribution in [1.82, 2.24) is 4.90 Å². The van der Waals surface area contributed by atoms with Crippen LogP contribution in [-0.2, 0) is 4.79 Å². The fourth-order valence-corrected chi connectivity index (χ4v) is 2.81. The Bertz CT molecular complexity index is 462. The van der Waals surface area contributed by atoms with Gasteiger partial charge in [0.05, 0.1) is 0 Å². The van der Waals surface area contributed by atoms with E-state index in [1.54, 1.807) is 12.1 Å². The van der Waals surface area contributed by atoms with Gasteiger partial charge in [-0.05, 0) is 37.1 Å². The smallest absolute Gasteiger partial charge is 0.225 e. The molecule has 108 valence electrons. The van der Waals surface area contributed by atoms with Gasteiger partial charge in [0.25, 0.3) is 0 Å². The Hall–Kier alpha value is -1.58. The lowest BCUT2D eigenvalue weighted by Gasteiger charge is -2.36. The molecule has 1 aliphatic heterocycles. The molecule has 0 radical (unpaired) electrons. The van der Waals surface area contributed by atoms with E-state index in [0.29, 0.717) is 11.7 Å². The molecule has 0 unspecified atom stereocenters. The molecule has 1 heterocycles. The van der Waals surface area contributed by atoms with Gasteiger partial charge in [-0.1, -0.05) is 6.42 Å². The maximum atomic E-state index is 12.8. The molecule has 0 spiro atoms. The number of carbonyl (C=O) groups excluding carboxylic acids is 1. The zero-order chi connectivity index (χ0) is 13.9. The second-order valence-electron chi connectivity index (χ2n) is 5.72. The van der Waals surface area contributed by atoms with Crippen molar-refractivity contribution in [3.05, 3.63) is 30.1 Å². The number of hydrogen-bond donors (Lipinski definition) is 0. The molecule has 1 aliphatic carbocycles. The molecular weight excluding hydrogens is 257 g/mol. The van der Waals surface area contributed by atoms with E-state index < -0.39 is 0 Å². The largest absolute Gasteiger partial charge is 0.490 e. The summed E-state index contributed by atoms with van der Waals surface area (Å²) in [7, 11) is 0. The van der Waals surface area contributed by atoms with Gasteiger partial charge in [0.15, 0.2) is 0 Å². The van der Waals surface area contributed by atoms with Gasteiger partial charge >= 0.3 is 0 Å². The van der Waals surface area contributed by atoms with Crippen LogP contribution in [0.1, 0.15) is 32.1 Å². The van der Waals surface area contributed by atoms with E-state index >= 15 is 0 Å². The van der Waals surface area contributed by atoms with Gasteiger partial charge in [0.2, 0.25) is 5.91 Å². The molecule has 2 fully saturated rings. The van der Waals surface area contributed by atoms with Crippen LogP contribution in [0, 0.1) is 11.7 Å². The lowest BCUT2D eigenvalue weighted by Crippen LogP contribution is -2.45. The highest BCUT2D eigenvalue weighted by Gasteiger charge is 2.31. The predicted molar refractivity (Wildman–Crippen MR) is 74.0 cm³/mol. The third kappa shape index (κ3) is 2.94. The van der Waals surface area contributed by atoms with E-state index in [9.17, 15) is 9.18 Å². The Kier molecular flexibility index (Phi) is 3.90. The SMILES string of the molecule is O=C(C1CCC1)N1CCC(Oc2ccc(F)cc2)CC1. The molecule has 1 aromatic carbocycles. The number of nitrogens with zero attached hydrogens (tertiary/aromatic N) is 1. The average molecular weight is 277 g/mol. The van der Waals surface area contributed by atoms with Crippen molar-refractivity contribution in [1.29, 1.82) is 0 Å². The summed E-state index contributed by atoms with van der Waals surface area (Å²) in [6.45, 7) is 1.56. The van der Waals surface area contributed by atoms with Crippen molar-refractivity contribution >= 4 is 5.91 Å². The quantitative estimate of drug-likeness (QED) is 0.850. The third-order valence-electron chi connectivity index (χ3n) is 4.32. The standard InChI is InChI=1S/C16H20FNO2/c17-13-4-6-14(7-5-13)20-15-8-10-18(11-9-15)16(19)12-2-1-3-12/h4-7,12,15H,1-3,8-11H2. The van der Waals surface area contributed by atoms with Crippen molar-refractivity contribution in [2.75, 3.05) is 13.1 Å². The molecule has 2 aliphatic rings. The minimum atomic E-state index is -0.252. The van der Waals surface area contributed by atoms with Gasteiger partial charge in [-0.25, -0.2) is 4.39 Å². The van der Waals surface area contributed by atoms with E-state index in [1.807, 2.05) is 4.90 Å². The predicted octanol–water partition coefficient (Wildman–Crippen LogP) is 3.00. The number of likely N-dealkylation sites (tertiary alicyclic amines) is 1. The van der Waals surface area contributed by atoms with Gasteiger partial charge in [-0.2, -0.15) is 0 Å². The van der Waals surface area contributed by atoms with Crippen LogP contribution in [0.25, 0.3) is 0 Å². The summed E-state index contributed by atoms with van der Waals surface area (Å²) in [4.78, 5) is 14.1. The molecule has 0 atom stereocenters. The molecule has 3 nitrogen and oxygen atoms in total. The van der Waals surface area contributed by atoms with E-state index in [-0.39, 0.29) is 17.8 Å². The second-order valence-corrected chi connectivity index (χ2v) is 5.72. The van der Waals surface area contributed by atoms with Crippen LogP contribution in [0.2, 0.25) is 0 Å². The first-order valence-electron chi connectivity index (χ1n) is 7.43. The molecule has 1 aromatic rings. The lowest BCUT2D eigenvalue weighted by molar-refractivity contribution is -0.140. The highest BCUT2D eigenvalue weighted by molar-refractivity contribution is 5.79. The van der Waals surface area contributed by atoms with Crippen LogP contribution in [0.4, 0.5) is 4.39 Å². The fraction of sp³-hybridized carbons (Fsp3) is 0.562. The maximum absolute atomic E-state index is 12.8. The second kappa shape index (κ2) is 5.81. The van der Waals surface area contributed by atoms with E-state index in [2.05, 4.69) is 0 Å². The van der Waals surface area contributed by atoms with Gasteiger partial charge in [-0.15, -0.1) is 0 Å². The van der Waals surface area contributed by atoms with Crippen LogP contribution in [0.5, 0.6) is 5.75 Å². The number of piperidine rings is 1. The maximum Gasteiger partial charge on any atom is 0.225 e. The van der Waals surface area contributed by atoms with Crippen LogP contribution in [0.15, 0.2) is 24.3 Å². The van der Waals surface area contributed by atoms with Gasteiger partial charge in [0, 0.05) is 31.8 Å². The van der Waals surface area contributed by atoms with Crippen molar-refractivity contribution in [2.24, 2.45) is 5.92 Å². The lowest BCUT2D eigenvalue weighted by atomic mass is 9.84. The topological polar surface area (TPSA) is 29.5 Å². The molecule has 0 aromatic heterocycles. The summed E-state index contributed by atoms with van der Waals surface area (Å²) in [5, 5.41) is 0. The Morgan fingerprint density at radius 2 is 1.75 bits per heavy atom. The Morgan fingerprint density at radius 1 is 1.10 bits per heavy atom. The Labute approximate surface area is 118 Å². The fourth-order valence-electron chi connectivity index (χ4n) is 2.81. The number of rotatable bonds is 3. The number of benzene rings is 1. The number of amides is 1. The number of ether oxygens (including phenoxy) is 1. The summed E-state index contributed by atoms with van der Waals surface area (Å²) in [6.07, 6.45) is 5.16. The first-order chi connectivity index (χ1) is 9.72. The van der Waals surface area contributed by atoms with E-state index in [4.69, 9.17) is 4.74 Å². The Balaban J connectivity index is 1.48. The van der Waals surface area contributed by atoms with Gasteiger partial charge in [0.1, 0.15) is 17.7 Å². The monoisotopic (exact) mass is 277 g/mol. The minimum Gasteiger partial charge on any atom is -0.490 e. The zero-order valence-electron chi connectivity index (χ0n) is 11.6. The molecule has 1 saturated carbocycles. The summed E-state index contributed by atoms with van der Waals surface area (Å²) in [5.41, 5.74) is 0. The summed E-state index contributed by atoms with van der Waals surface area (Å²) in [5.74, 6) is 1.06. The van der Waals surface area contributed by atoms with Crippen LogP contribution in [-0.4, -0.2) is 30.0 Å². The number of carbonyl (C=O) groups is 1. The normalized spacial score (nSPS) is 20.6. The van der Waals surface area contributed by atoms with Gasteiger partial charge < -0.3 is 9.64 Å². The zero-order valence-corrected chi connectivity index (χ0v) is 11.6. The van der Waals surface area contributed by atoms with Crippen molar-refractivity contribution < 1.29 is 13.9 Å². The van der Waals surface area contributed by atoms with Crippen molar-refractivity contribution in [3.63, 3.8) is 0 Å². The summed E-state index contributed by atoms with van der Waals surface area (Å²) in [6, 6.07) is 6.12. The van der Waals surface area contributed by atoms with Gasteiger partial charge in [-0.3, -0.25) is 4.79 Å². The first kappa shape index (κ1) is 13.4. The molecular formula is C16H20FNO2. The van der Waals surface area contributed by atoms with Crippen LogP contribution in [0.3, 0.4) is 0 Å². The van der Waals surface area contributed by atoms with Crippen molar-refractivity contribution in [2.45, 2.75) is 38.2 Å². The first-order valence-corrected chi connectivity index (χ1v) is 7.43. The van der Waals surface area contributed by atoms with E-state index in [1.165, 1.54) is 18.6 Å². The number of halogens is 1. The third-order valence-corrected chi connectivity index (χ3v) is 4.32. The molecule has 3 rings (SSSR count). The Morgan fingerprint density at radius 3 is 2.30 bits per heavy atom. The molecule has 0 N–H and O–H groups in total. The highest BCUT2D eigenvalue weighted by atomic mass is 19.1. The molecule has 1 saturated heterocycles. The van der Waals surface area contributed by atoms with Crippen LogP contribution < -0.4 is 4.74 Å².